The Kier molecular flexibility index (Phi) is 6.46. The van der Waals surface area contributed by atoms with Gasteiger partial charge in [-0.2, -0.15) is 0 Å². The van der Waals surface area contributed by atoms with Crippen LogP contribution in [0.2, 0.25) is 0 Å². The van der Waals surface area contributed by atoms with E-state index in [9.17, 15) is 9.90 Å². The molecule has 130 valence electrons. The predicted molar refractivity (Wildman–Crippen MR) is 92.9 cm³/mol. The summed E-state index contributed by atoms with van der Waals surface area (Å²) in [5.41, 5.74) is 1.40. The Morgan fingerprint density at radius 2 is 1.91 bits per heavy atom. The summed E-state index contributed by atoms with van der Waals surface area (Å²) in [5, 5.41) is 10.4. The average molecular weight is 320 g/mol. The van der Waals surface area contributed by atoms with Crippen LogP contribution >= 0.6 is 0 Å². The van der Waals surface area contributed by atoms with Gasteiger partial charge < -0.3 is 9.84 Å². The Morgan fingerprint density at radius 3 is 2.57 bits per heavy atom. The maximum absolute atomic E-state index is 11.5. The van der Waals surface area contributed by atoms with Gasteiger partial charge in [0.1, 0.15) is 6.10 Å². The van der Waals surface area contributed by atoms with Crippen LogP contribution in [-0.4, -0.2) is 23.3 Å². The summed E-state index contributed by atoms with van der Waals surface area (Å²) >= 11 is 0. The van der Waals surface area contributed by atoms with Crippen molar-refractivity contribution in [2.24, 2.45) is 23.7 Å². The number of aliphatic hydroxyl groups excluding tert-OH is 1. The molecule has 0 aromatic carbocycles. The van der Waals surface area contributed by atoms with Crippen LogP contribution in [-0.2, 0) is 9.53 Å². The van der Waals surface area contributed by atoms with Crippen LogP contribution in [0.25, 0.3) is 0 Å². The highest BCUT2D eigenvalue weighted by molar-refractivity contribution is 5.66. The summed E-state index contributed by atoms with van der Waals surface area (Å²) in [4.78, 5) is 11.5. The van der Waals surface area contributed by atoms with E-state index in [-0.39, 0.29) is 18.2 Å². The van der Waals surface area contributed by atoms with Crippen molar-refractivity contribution in [3.05, 3.63) is 23.8 Å². The quantitative estimate of drug-likeness (QED) is 0.611. The van der Waals surface area contributed by atoms with Gasteiger partial charge in [-0.15, -0.1) is 0 Å². The van der Waals surface area contributed by atoms with Crippen LogP contribution in [0.4, 0.5) is 0 Å². The fraction of sp³-hybridized carbons (Fsp3) is 0.750. The van der Waals surface area contributed by atoms with Gasteiger partial charge in [-0.1, -0.05) is 37.6 Å². The zero-order chi connectivity index (χ0) is 17.0. The molecule has 3 heteroatoms. The van der Waals surface area contributed by atoms with E-state index in [1.54, 1.807) is 0 Å². The second kappa shape index (κ2) is 8.14. The number of aliphatic hydroxyl groups is 1. The van der Waals surface area contributed by atoms with Gasteiger partial charge in [0.05, 0.1) is 6.10 Å². The highest BCUT2D eigenvalue weighted by Crippen LogP contribution is 2.44. The molecule has 3 nitrogen and oxygen atoms in total. The standard InChI is InChI=1S/C20H32O3/c1-13(2)18-10-9-14(3)19-11-16(22)7-5-6-8-17(12-20(18)19)23-15(4)21/h5-6,9,13,16-20,22H,7-8,10-12H2,1-4H3. The minimum Gasteiger partial charge on any atom is -0.462 e. The van der Waals surface area contributed by atoms with Gasteiger partial charge in [0.15, 0.2) is 0 Å². The molecule has 0 fully saturated rings. The Labute approximate surface area is 140 Å². The molecular weight excluding hydrogens is 288 g/mol. The number of esters is 1. The van der Waals surface area contributed by atoms with Crippen LogP contribution < -0.4 is 0 Å². The lowest BCUT2D eigenvalue weighted by atomic mass is 9.64. The third-order valence-corrected chi connectivity index (χ3v) is 5.59. The van der Waals surface area contributed by atoms with E-state index in [0.29, 0.717) is 30.1 Å². The van der Waals surface area contributed by atoms with Gasteiger partial charge in [-0.25, -0.2) is 0 Å². The number of hydrogen-bond donors (Lipinski definition) is 1. The van der Waals surface area contributed by atoms with E-state index >= 15 is 0 Å². The van der Waals surface area contributed by atoms with Crippen molar-refractivity contribution in [3.8, 4) is 0 Å². The number of hydrogen-bond acceptors (Lipinski definition) is 3. The van der Waals surface area contributed by atoms with E-state index < -0.39 is 0 Å². The molecule has 0 saturated carbocycles. The highest BCUT2D eigenvalue weighted by atomic mass is 16.5. The number of fused-ring (bicyclic) bond motifs is 1. The van der Waals surface area contributed by atoms with Gasteiger partial charge in [0.25, 0.3) is 0 Å². The van der Waals surface area contributed by atoms with Crippen molar-refractivity contribution >= 4 is 5.97 Å². The Morgan fingerprint density at radius 1 is 1.22 bits per heavy atom. The summed E-state index contributed by atoms with van der Waals surface area (Å²) in [6.07, 6.45) is 10.4. The number of carbonyl (C=O) groups excluding carboxylic acids is 1. The van der Waals surface area contributed by atoms with E-state index in [1.165, 1.54) is 12.5 Å². The van der Waals surface area contributed by atoms with E-state index in [1.807, 2.05) is 6.08 Å². The first kappa shape index (κ1) is 18.3. The molecular formula is C20H32O3. The zero-order valence-electron chi connectivity index (χ0n) is 15.0. The van der Waals surface area contributed by atoms with Crippen LogP contribution in [0, 0.1) is 23.7 Å². The van der Waals surface area contributed by atoms with Gasteiger partial charge >= 0.3 is 5.97 Å². The Balaban J connectivity index is 2.29. The van der Waals surface area contributed by atoms with Gasteiger partial charge in [-0.05, 0) is 56.3 Å². The fourth-order valence-electron chi connectivity index (χ4n) is 4.37. The topological polar surface area (TPSA) is 46.5 Å². The van der Waals surface area contributed by atoms with E-state index in [4.69, 9.17) is 4.74 Å². The van der Waals surface area contributed by atoms with Gasteiger partial charge in [-0.3, -0.25) is 4.79 Å². The van der Waals surface area contributed by atoms with E-state index in [0.717, 1.165) is 25.7 Å². The Bertz CT molecular complexity index is 464. The maximum Gasteiger partial charge on any atom is 0.302 e. The summed E-state index contributed by atoms with van der Waals surface area (Å²) in [6, 6.07) is 0. The lowest BCUT2D eigenvalue weighted by molar-refractivity contribution is -0.147. The molecule has 0 aromatic rings. The molecule has 0 aliphatic heterocycles. The lowest BCUT2D eigenvalue weighted by Gasteiger charge is -2.42. The van der Waals surface area contributed by atoms with Crippen molar-refractivity contribution in [1.82, 2.24) is 0 Å². The molecule has 0 radical (unpaired) electrons. The number of ether oxygens (including phenoxy) is 1. The first-order valence-corrected chi connectivity index (χ1v) is 9.05. The molecule has 2 aliphatic rings. The zero-order valence-corrected chi connectivity index (χ0v) is 15.0. The number of rotatable bonds is 2. The molecule has 1 N–H and O–H groups in total. The second-order valence-corrected chi connectivity index (χ2v) is 7.66. The number of carbonyl (C=O) groups is 1. The van der Waals surface area contributed by atoms with Crippen molar-refractivity contribution in [1.29, 1.82) is 0 Å². The van der Waals surface area contributed by atoms with Gasteiger partial charge in [0, 0.05) is 13.3 Å². The molecule has 0 heterocycles. The molecule has 5 unspecified atom stereocenters. The molecule has 23 heavy (non-hydrogen) atoms. The van der Waals surface area contributed by atoms with Gasteiger partial charge in [0.2, 0.25) is 0 Å². The predicted octanol–water partition coefficient (Wildman–Crippen LogP) is 4.26. The third-order valence-electron chi connectivity index (χ3n) is 5.59. The molecule has 0 spiro atoms. The average Bonchev–Trinajstić information content (AvgIpc) is 2.46. The molecule has 0 amide bonds. The van der Waals surface area contributed by atoms with Crippen molar-refractivity contribution < 1.29 is 14.6 Å². The van der Waals surface area contributed by atoms with Crippen molar-refractivity contribution in [3.63, 3.8) is 0 Å². The van der Waals surface area contributed by atoms with E-state index in [2.05, 4.69) is 32.9 Å². The van der Waals surface area contributed by atoms with Crippen LogP contribution in [0.5, 0.6) is 0 Å². The molecule has 2 rings (SSSR count). The monoisotopic (exact) mass is 320 g/mol. The summed E-state index contributed by atoms with van der Waals surface area (Å²) < 4.78 is 5.59. The summed E-state index contributed by atoms with van der Waals surface area (Å²) in [6.45, 7) is 8.26. The first-order valence-electron chi connectivity index (χ1n) is 9.05. The molecule has 0 saturated heterocycles. The van der Waals surface area contributed by atoms with Crippen LogP contribution in [0.3, 0.4) is 0 Å². The molecule has 0 aromatic heterocycles. The summed E-state index contributed by atoms with van der Waals surface area (Å²) in [5.74, 6) is 1.88. The fourth-order valence-corrected chi connectivity index (χ4v) is 4.37. The highest BCUT2D eigenvalue weighted by Gasteiger charge is 2.37. The normalized spacial score (nSPS) is 35.4. The molecule has 0 bridgehead atoms. The Hall–Kier alpha value is -1.09. The van der Waals surface area contributed by atoms with Crippen LogP contribution in [0.15, 0.2) is 23.8 Å². The van der Waals surface area contributed by atoms with Crippen molar-refractivity contribution in [2.45, 2.75) is 72.0 Å². The first-order chi connectivity index (χ1) is 10.9. The maximum atomic E-state index is 11.5. The minimum absolute atomic E-state index is 0.0429. The largest absolute Gasteiger partial charge is 0.462 e. The van der Waals surface area contributed by atoms with Crippen LogP contribution in [0.1, 0.15) is 59.8 Å². The summed E-state index contributed by atoms with van der Waals surface area (Å²) in [7, 11) is 0. The lowest BCUT2D eigenvalue weighted by Crippen LogP contribution is -2.36. The molecule has 2 aliphatic carbocycles. The van der Waals surface area contributed by atoms with Crippen molar-refractivity contribution in [2.75, 3.05) is 0 Å². The minimum atomic E-state index is -0.279. The smallest absolute Gasteiger partial charge is 0.302 e. The third kappa shape index (κ3) is 4.94. The number of allylic oxidation sites excluding steroid dienone is 2. The molecule has 5 atom stereocenters. The SMILES string of the molecule is CC(=O)OC1CC=CCC(O)CC2C(C)=CCC(C(C)C)C2C1. The second-order valence-electron chi connectivity index (χ2n) is 7.66.